The SMILES string of the molecule is Cc1nc2ccc(Nc3ccccc3N)cc2[nH]1. The van der Waals surface area contributed by atoms with Crippen molar-refractivity contribution in [3.8, 4) is 0 Å². The van der Waals surface area contributed by atoms with Crippen molar-refractivity contribution in [2.75, 3.05) is 11.1 Å². The Morgan fingerprint density at radius 1 is 1.17 bits per heavy atom. The average Bonchev–Trinajstić information content (AvgIpc) is 2.71. The van der Waals surface area contributed by atoms with Gasteiger partial charge in [-0.3, -0.25) is 0 Å². The standard InChI is InChI=1S/C14H14N4/c1-9-16-13-7-6-10(8-14(13)17-9)18-12-5-3-2-4-11(12)15/h2-8,18H,15H2,1H3,(H,16,17). The van der Waals surface area contributed by atoms with Crippen LogP contribution in [-0.2, 0) is 0 Å². The van der Waals surface area contributed by atoms with E-state index in [9.17, 15) is 0 Å². The second-order valence-corrected chi connectivity index (χ2v) is 4.27. The van der Waals surface area contributed by atoms with E-state index in [1.54, 1.807) is 0 Å². The van der Waals surface area contributed by atoms with Gasteiger partial charge in [0.25, 0.3) is 0 Å². The van der Waals surface area contributed by atoms with Gasteiger partial charge in [0.15, 0.2) is 0 Å². The molecule has 3 rings (SSSR count). The van der Waals surface area contributed by atoms with Gasteiger partial charge in [-0.1, -0.05) is 12.1 Å². The Morgan fingerprint density at radius 2 is 2.00 bits per heavy atom. The average molecular weight is 238 g/mol. The van der Waals surface area contributed by atoms with Gasteiger partial charge in [-0.2, -0.15) is 0 Å². The predicted molar refractivity (Wildman–Crippen MR) is 75.0 cm³/mol. The van der Waals surface area contributed by atoms with E-state index in [4.69, 9.17) is 5.73 Å². The summed E-state index contributed by atoms with van der Waals surface area (Å²) in [6.07, 6.45) is 0. The van der Waals surface area contributed by atoms with Gasteiger partial charge in [0.2, 0.25) is 0 Å². The lowest BCUT2D eigenvalue weighted by molar-refractivity contribution is 1.17. The quantitative estimate of drug-likeness (QED) is 0.600. The lowest BCUT2D eigenvalue weighted by atomic mass is 10.2. The highest BCUT2D eigenvalue weighted by Crippen LogP contribution is 2.24. The van der Waals surface area contributed by atoms with Crippen molar-refractivity contribution >= 4 is 28.1 Å². The Labute approximate surface area is 105 Å². The highest BCUT2D eigenvalue weighted by molar-refractivity contribution is 5.82. The second-order valence-electron chi connectivity index (χ2n) is 4.27. The number of para-hydroxylation sites is 2. The van der Waals surface area contributed by atoms with Gasteiger partial charge in [0.1, 0.15) is 5.82 Å². The maximum atomic E-state index is 5.90. The molecule has 2 aromatic carbocycles. The third kappa shape index (κ3) is 1.88. The van der Waals surface area contributed by atoms with Crippen molar-refractivity contribution in [3.63, 3.8) is 0 Å². The third-order valence-corrected chi connectivity index (χ3v) is 2.84. The number of aromatic amines is 1. The van der Waals surface area contributed by atoms with Crippen LogP contribution in [0.2, 0.25) is 0 Å². The van der Waals surface area contributed by atoms with Crippen LogP contribution in [-0.4, -0.2) is 9.97 Å². The topological polar surface area (TPSA) is 66.7 Å². The zero-order valence-corrected chi connectivity index (χ0v) is 10.1. The molecule has 0 aliphatic heterocycles. The molecule has 0 fully saturated rings. The highest BCUT2D eigenvalue weighted by atomic mass is 14.9. The molecule has 0 amide bonds. The molecule has 0 aliphatic carbocycles. The van der Waals surface area contributed by atoms with Gasteiger partial charge >= 0.3 is 0 Å². The third-order valence-electron chi connectivity index (χ3n) is 2.84. The summed E-state index contributed by atoms with van der Waals surface area (Å²) in [5.74, 6) is 0.918. The van der Waals surface area contributed by atoms with E-state index in [0.29, 0.717) is 0 Å². The van der Waals surface area contributed by atoms with Gasteiger partial charge in [-0.15, -0.1) is 0 Å². The van der Waals surface area contributed by atoms with E-state index in [0.717, 1.165) is 33.9 Å². The number of aryl methyl sites for hydroxylation is 1. The van der Waals surface area contributed by atoms with Crippen molar-refractivity contribution in [1.82, 2.24) is 9.97 Å². The minimum Gasteiger partial charge on any atom is -0.397 e. The van der Waals surface area contributed by atoms with Crippen LogP contribution in [0.5, 0.6) is 0 Å². The van der Waals surface area contributed by atoms with Crippen molar-refractivity contribution < 1.29 is 0 Å². The van der Waals surface area contributed by atoms with Gasteiger partial charge < -0.3 is 16.0 Å². The maximum absolute atomic E-state index is 5.90. The molecule has 1 heterocycles. The van der Waals surface area contributed by atoms with Crippen LogP contribution < -0.4 is 11.1 Å². The van der Waals surface area contributed by atoms with Crippen LogP contribution >= 0.6 is 0 Å². The number of rotatable bonds is 2. The van der Waals surface area contributed by atoms with Gasteiger partial charge in [0, 0.05) is 5.69 Å². The Morgan fingerprint density at radius 3 is 2.83 bits per heavy atom. The lowest BCUT2D eigenvalue weighted by Crippen LogP contribution is -1.95. The Balaban J connectivity index is 1.97. The number of imidazole rings is 1. The normalized spacial score (nSPS) is 10.7. The first-order valence-electron chi connectivity index (χ1n) is 5.80. The largest absolute Gasteiger partial charge is 0.397 e. The highest BCUT2D eigenvalue weighted by Gasteiger charge is 2.02. The number of nitrogens with two attached hydrogens (primary N) is 1. The molecule has 4 nitrogen and oxygen atoms in total. The van der Waals surface area contributed by atoms with Crippen molar-refractivity contribution in [3.05, 3.63) is 48.3 Å². The van der Waals surface area contributed by atoms with E-state index in [2.05, 4.69) is 15.3 Å². The van der Waals surface area contributed by atoms with E-state index < -0.39 is 0 Å². The van der Waals surface area contributed by atoms with Gasteiger partial charge in [-0.05, 0) is 37.3 Å². The maximum Gasteiger partial charge on any atom is 0.104 e. The number of H-pyrrole nitrogens is 1. The number of hydrogen-bond donors (Lipinski definition) is 3. The molecule has 0 unspecified atom stereocenters. The molecule has 0 aliphatic rings. The zero-order valence-electron chi connectivity index (χ0n) is 10.1. The number of benzene rings is 2. The Kier molecular flexibility index (Phi) is 2.41. The van der Waals surface area contributed by atoms with Crippen molar-refractivity contribution in [2.45, 2.75) is 6.92 Å². The minimum atomic E-state index is 0.735. The fourth-order valence-corrected chi connectivity index (χ4v) is 1.98. The summed E-state index contributed by atoms with van der Waals surface area (Å²) in [6, 6.07) is 13.7. The van der Waals surface area contributed by atoms with Crippen molar-refractivity contribution in [2.24, 2.45) is 0 Å². The summed E-state index contributed by atoms with van der Waals surface area (Å²) in [6.45, 7) is 1.95. The molecule has 18 heavy (non-hydrogen) atoms. The molecule has 0 radical (unpaired) electrons. The molecule has 3 aromatic rings. The number of nitrogens with zero attached hydrogens (tertiary/aromatic N) is 1. The molecule has 4 N–H and O–H groups in total. The van der Waals surface area contributed by atoms with E-state index >= 15 is 0 Å². The number of fused-ring (bicyclic) bond motifs is 1. The Bertz CT molecular complexity index is 700. The second kappa shape index (κ2) is 4.07. The summed E-state index contributed by atoms with van der Waals surface area (Å²) in [4.78, 5) is 7.59. The van der Waals surface area contributed by atoms with Crippen LogP contribution in [0.15, 0.2) is 42.5 Å². The first kappa shape index (κ1) is 10.7. The molecular weight excluding hydrogens is 224 g/mol. The minimum absolute atomic E-state index is 0.735. The number of nitrogen functional groups attached to an aromatic ring is 1. The summed E-state index contributed by atoms with van der Waals surface area (Å²) in [5, 5.41) is 3.30. The number of aromatic nitrogens is 2. The molecule has 0 bridgehead atoms. The fourth-order valence-electron chi connectivity index (χ4n) is 1.98. The van der Waals surface area contributed by atoms with E-state index in [1.807, 2.05) is 49.4 Å². The van der Waals surface area contributed by atoms with Crippen LogP contribution in [0.25, 0.3) is 11.0 Å². The van der Waals surface area contributed by atoms with E-state index in [-0.39, 0.29) is 0 Å². The van der Waals surface area contributed by atoms with Crippen LogP contribution in [0, 0.1) is 6.92 Å². The first-order chi connectivity index (χ1) is 8.72. The number of hydrogen-bond acceptors (Lipinski definition) is 3. The number of anilines is 3. The Hall–Kier alpha value is -2.49. The molecular formula is C14H14N4. The first-order valence-corrected chi connectivity index (χ1v) is 5.80. The van der Waals surface area contributed by atoms with Gasteiger partial charge in [0.05, 0.1) is 22.4 Å². The van der Waals surface area contributed by atoms with Gasteiger partial charge in [-0.25, -0.2) is 4.98 Å². The monoisotopic (exact) mass is 238 g/mol. The molecule has 90 valence electrons. The van der Waals surface area contributed by atoms with Crippen LogP contribution in [0.1, 0.15) is 5.82 Å². The summed E-state index contributed by atoms with van der Waals surface area (Å²) < 4.78 is 0. The summed E-state index contributed by atoms with van der Waals surface area (Å²) in [5.41, 5.74) is 10.5. The molecule has 0 saturated carbocycles. The molecule has 0 atom stereocenters. The smallest absolute Gasteiger partial charge is 0.104 e. The molecule has 1 aromatic heterocycles. The van der Waals surface area contributed by atoms with Crippen LogP contribution in [0.4, 0.5) is 17.1 Å². The molecule has 0 saturated heterocycles. The predicted octanol–water partition coefficient (Wildman–Crippen LogP) is 3.20. The lowest BCUT2D eigenvalue weighted by Gasteiger charge is -2.08. The summed E-state index contributed by atoms with van der Waals surface area (Å²) in [7, 11) is 0. The zero-order chi connectivity index (χ0) is 12.5. The van der Waals surface area contributed by atoms with Crippen LogP contribution in [0.3, 0.4) is 0 Å². The molecule has 0 spiro atoms. The summed E-state index contributed by atoms with van der Waals surface area (Å²) >= 11 is 0. The fraction of sp³-hybridized carbons (Fsp3) is 0.0714. The molecule has 4 heteroatoms. The number of nitrogens with one attached hydrogen (secondary N) is 2. The van der Waals surface area contributed by atoms with E-state index in [1.165, 1.54) is 0 Å². The van der Waals surface area contributed by atoms with Crippen molar-refractivity contribution in [1.29, 1.82) is 0 Å².